The first-order valence-corrected chi connectivity index (χ1v) is 3.70. The largest absolute Gasteiger partial charge is 0.181 e. The zero-order valence-electron chi connectivity index (χ0n) is 4.86. The van der Waals surface area contributed by atoms with Crippen LogP contribution in [0, 0.1) is 12.3 Å². The van der Waals surface area contributed by atoms with Gasteiger partial charge < -0.3 is 0 Å². The molecule has 0 amide bonds. The second-order valence-electron chi connectivity index (χ2n) is 3.08. The molecule has 1 unspecified atom stereocenters. The van der Waals surface area contributed by atoms with E-state index < -0.39 is 0 Å². The topological polar surface area (TPSA) is 0 Å². The maximum atomic E-state index is 6.14. The molecule has 44 valence electrons. The van der Waals surface area contributed by atoms with Gasteiger partial charge in [-0.25, -0.2) is 0 Å². The third kappa shape index (κ3) is 0.557. The van der Waals surface area contributed by atoms with Crippen molar-refractivity contribution in [2.45, 2.75) is 30.6 Å². The van der Waals surface area contributed by atoms with Gasteiger partial charge in [0, 0.05) is 18.8 Å². The highest BCUT2D eigenvalue weighted by Crippen LogP contribution is 2.50. The Morgan fingerprint density at radius 2 is 2.50 bits per heavy atom. The van der Waals surface area contributed by atoms with Crippen LogP contribution in [0.2, 0.25) is 0 Å². The van der Waals surface area contributed by atoms with Crippen LogP contribution in [0.4, 0.5) is 0 Å². The normalized spacial score (nSPS) is 51.9. The van der Waals surface area contributed by atoms with Crippen LogP contribution in [0.25, 0.3) is 0 Å². The lowest BCUT2D eigenvalue weighted by atomic mass is 10.0. The summed E-state index contributed by atoms with van der Waals surface area (Å²) in [6, 6.07) is 0. The summed E-state index contributed by atoms with van der Waals surface area (Å²) in [5.74, 6) is 0.951. The SMILES string of the molecule is ClC12[CH+]C[C@@H](CC1)C2. The molecule has 2 saturated carbocycles. The van der Waals surface area contributed by atoms with Crippen LogP contribution < -0.4 is 0 Å². The summed E-state index contributed by atoms with van der Waals surface area (Å²) in [5.41, 5.74) is 0. The average Bonchev–Trinajstić information content (AvgIpc) is 2.21. The van der Waals surface area contributed by atoms with Gasteiger partial charge in [0.05, 0.1) is 12.8 Å². The highest BCUT2D eigenvalue weighted by molar-refractivity contribution is 6.25. The fourth-order valence-electron chi connectivity index (χ4n) is 1.89. The monoisotopic (exact) mass is 129 g/mol. The lowest BCUT2D eigenvalue weighted by Crippen LogP contribution is -2.12. The first-order chi connectivity index (χ1) is 3.79. The fraction of sp³-hybridized carbons (Fsp3) is 0.857. The minimum Gasteiger partial charge on any atom is -0.0668 e. The number of hydrogen-bond donors (Lipinski definition) is 0. The zero-order chi connectivity index (χ0) is 5.61. The fourth-order valence-corrected chi connectivity index (χ4v) is 2.31. The molecule has 2 rings (SSSR count). The summed E-state index contributed by atoms with van der Waals surface area (Å²) in [6.45, 7) is 0. The van der Waals surface area contributed by atoms with Gasteiger partial charge in [0.15, 0.2) is 4.87 Å². The van der Waals surface area contributed by atoms with E-state index >= 15 is 0 Å². The molecule has 2 atom stereocenters. The first-order valence-electron chi connectivity index (χ1n) is 3.32. The van der Waals surface area contributed by atoms with Crippen LogP contribution in [0.5, 0.6) is 0 Å². The van der Waals surface area contributed by atoms with Gasteiger partial charge in [0.25, 0.3) is 0 Å². The van der Waals surface area contributed by atoms with Crippen LogP contribution in [-0.2, 0) is 0 Å². The second kappa shape index (κ2) is 1.36. The highest BCUT2D eigenvalue weighted by atomic mass is 35.5. The Bertz CT molecular complexity index is 101. The Morgan fingerprint density at radius 1 is 1.62 bits per heavy atom. The van der Waals surface area contributed by atoms with Crippen LogP contribution in [-0.4, -0.2) is 4.87 Å². The quantitative estimate of drug-likeness (QED) is 0.348. The number of rotatable bonds is 0. The van der Waals surface area contributed by atoms with Crippen molar-refractivity contribution in [3.05, 3.63) is 6.42 Å². The smallest absolute Gasteiger partial charge is 0.0668 e. The van der Waals surface area contributed by atoms with Crippen molar-refractivity contribution in [1.82, 2.24) is 0 Å². The molecular formula is C7H10Cl+. The molecule has 8 heavy (non-hydrogen) atoms. The van der Waals surface area contributed by atoms with E-state index in [0.29, 0.717) is 0 Å². The Balaban J connectivity index is 2.19. The van der Waals surface area contributed by atoms with Gasteiger partial charge in [0.2, 0.25) is 0 Å². The third-order valence-corrected chi connectivity index (χ3v) is 2.91. The van der Waals surface area contributed by atoms with Crippen molar-refractivity contribution in [3.63, 3.8) is 0 Å². The predicted octanol–water partition coefficient (Wildman–Crippen LogP) is 2.37. The van der Waals surface area contributed by atoms with E-state index in [-0.39, 0.29) is 4.87 Å². The van der Waals surface area contributed by atoms with Crippen LogP contribution >= 0.6 is 11.6 Å². The van der Waals surface area contributed by atoms with E-state index in [1.165, 1.54) is 25.7 Å². The summed E-state index contributed by atoms with van der Waals surface area (Å²) in [4.78, 5) is 0.157. The van der Waals surface area contributed by atoms with Gasteiger partial charge in [-0.05, 0) is 6.42 Å². The molecule has 0 N–H and O–H groups in total. The van der Waals surface area contributed by atoms with Crippen LogP contribution in [0.1, 0.15) is 25.7 Å². The van der Waals surface area contributed by atoms with Gasteiger partial charge in [-0.2, -0.15) is 0 Å². The lowest BCUT2D eigenvalue weighted by molar-refractivity contribution is 0.561. The summed E-state index contributed by atoms with van der Waals surface area (Å²) in [5, 5.41) is 0. The van der Waals surface area contributed by atoms with Crippen molar-refractivity contribution >= 4 is 11.6 Å². The van der Waals surface area contributed by atoms with E-state index in [9.17, 15) is 0 Å². The minimum atomic E-state index is 0.157. The predicted molar refractivity (Wildman–Crippen MR) is 34.8 cm³/mol. The van der Waals surface area contributed by atoms with Crippen molar-refractivity contribution in [2.24, 2.45) is 5.92 Å². The molecule has 1 heteroatoms. The Hall–Kier alpha value is 0.160. The van der Waals surface area contributed by atoms with E-state index in [1.54, 1.807) is 0 Å². The molecule has 2 aliphatic carbocycles. The van der Waals surface area contributed by atoms with E-state index in [0.717, 1.165) is 5.92 Å². The van der Waals surface area contributed by atoms with Crippen molar-refractivity contribution in [1.29, 1.82) is 0 Å². The molecule has 0 aromatic heterocycles. The summed E-state index contributed by atoms with van der Waals surface area (Å²) < 4.78 is 0. The van der Waals surface area contributed by atoms with Gasteiger partial charge in [-0.3, -0.25) is 0 Å². The zero-order valence-corrected chi connectivity index (χ0v) is 5.62. The standard InChI is InChI=1S/C7H10Cl/c8-7-3-1-6(5-7)2-4-7/h3,6H,1-2,4-5H2/q+1/t6-,7?/m0/s1. The molecule has 0 spiro atoms. The summed E-state index contributed by atoms with van der Waals surface area (Å²) in [6.07, 6.45) is 7.44. The number of halogens is 1. The van der Waals surface area contributed by atoms with Gasteiger partial charge in [0.1, 0.15) is 0 Å². The van der Waals surface area contributed by atoms with E-state index in [2.05, 4.69) is 6.42 Å². The molecule has 2 aliphatic rings. The Kier molecular flexibility index (Phi) is 0.844. The summed E-state index contributed by atoms with van der Waals surface area (Å²) in [7, 11) is 0. The highest BCUT2D eigenvalue weighted by Gasteiger charge is 2.51. The molecule has 0 aromatic carbocycles. The molecule has 0 aliphatic heterocycles. The minimum absolute atomic E-state index is 0.157. The van der Waals surface area contributed by atoms with Crippen molar-refractivity contribution in [3.8, 4) is 0 Å². The number of hydrogen-bond acceptors (Lipinski definition) is 0. The Labute approximate surface area is 55.2 Å². The molecular weight excluding hydrogens is 120 g/mol. The maximum absolute atomic E-state index is 6.14. The third-order valence-electron chi connectivity index (χ3n) is 2.41. The van der Waals surface area contributed by atoms with Gasteiger partial charge >= 0.3 is 0 Å². The van der Waals surface area contributed by atoms with Gasteiger partial charge in [-0.1, -0.05) is 11.6 Å². The van der Waals surface area contributed by atoms with Gasteiger partial charge in [-0.15, -0.1) is 0 Å². The second-order valence-corrected chi connectivity index (χ2v) is 3.84. The molecule has 0 heterocycles. The van der Waals surface area contributed by atoms with Crippen molar-refractivity contribution in [2.75, 3.05) is 0 Å². The molecule has 0 saturated heterocycles. The van der Waals surface area contributed by atoms with E-state index in [4.69, 9.17) is 11.6 Å². The van der Waals surface area contributed by atoms with E-state index in [1.807, 2.05) is 0 Å². The first kappa shape index (κ1) is 4.99. The number of alkyl halides is 1. The summed E-state index contributed by atoms with van der Waals surface area (Å²) >= 11 is 6.14. The molecule has 2 bridgehead atoms. The maximum Gasteiger partial charge on any atom is 0.181 e. The lowest BCUT2D eigenvalue weighted by Gasteiger charge is -2.06. The average molecular weight is 130 g/mol. The number of fused-ring (bicyclic) bond motifs is 2. The molecule has 2 fully saturated rings. The molecule has 0 radical (unpaired) electrons. The molecule has 0 aromatic rings. The van der Waals surface area contributed by atoms with Crippen molar-refractivity contribution < 1.29 is 0 Å². The Morgan fingerprint density at radius 3 is 2.62 bits per heavy atom. The molecule has 0 nitrogen and oxygen atoms in total. The van der Waals surface area contributed by atoms with Crippen LogP contribution in [0.15, 0.2) is 0 Å². The van der Waals surface area contributed by atoms with Crippen LogP contribution in [0.3, 0.4) is 0 Å².